The number of nitro benzene ring substituents is 1. The summed E-state index contributed by atoms with van der Waals surface area (Å²) >= 11 is 0. The highest BCUT2D eigenvalue weighted by molar-refractivity contribution is 5.91. The van der Waals surface area contributed by atoms with Crippen LogP contribution in [0.1, 0.15) is 32.6 Å². The average Bonchev–Trinajstić information content (AvgIpc) is 2.43. The number of carboxylic acids is 1. The molecule has 0 radical (unpaired) electrons. The Balaban J connectivity index is 2.55. The molecule has 0 heterocycles. The van der Waals surface area contributed by atoms with E-state index in [9.17, 15) is 24.8 Å². The fourth-order valence-electron chi connectivity index (χ4n) is 1.95. The Kier molecular flexibility index (Phi) is 6.32. The zero-order chi connectivity index (χ0) is 15.8. The summed E-state index contributed by atoms with van der Waals surface area (Å²) in [6.07, 6.45) is 1.38. The van der Waals surface area contributed by atoms with Crippen LogP contribution in [0.5, 0.6) is 0 Å². The van der Waals surface area contributed by atoms with E-state index in [0.29, 0.717) is 18.5 Å². The summed E-state index contributed by atoms with van der Waals surface area (Å²) in [5.41, 5.74) is 0.195. The Morgan fingerprint density at radius 3 is 2.62 bits per heavy atom. The molecule has 0 unspecified atom stereocenters. The number of rotatable bonds is 8. The van der Waals surface area contributed by atoms with Crippen LogP contribution in [0, 0.1) is 16.0 Å². The minimum absolute atomic E-state index is 0.0291. The van der Waals surface area contributed by atoms with Crippen LogP contribution >= 0.6 is 0 Å². The molecule has 0 aromatic heterocycles. The number of hydrogen-bond acceptors (Lipinski definition) is 5. The van der Waals surface area contributed by atoms with E-state index in [2.05, 4.69) is 5.32 Å². The second kappa shape index (κ2) is 7.98. The fourth-order valence-corrected chi connectivity index (χ4v) is 1.95. The molecule has 1 aromatic rings. The lowest BCUT2D eigenvalue weighted by Gasteiger charge is -2.16. The smallest absolute Gasteiger partial charge is 0.271 e. The largest absolute Gasteiger partial charge is 0.550 e. The molecule has 0 spiro atoms. The van der Waals surface area contributed by atoms with Gasteiger partial charge in [0, 0.05) is 30.2 Å². The normalized spacial score (nSPS) is 11.7. The molecule has 1 atom stereocenters. The van der Waals surface area contributed by atoms with Crippen LogP contribution in [0.4, 0.5) is 11.4 Å². The molecule has 0 bridgehead atoms. The zero-order valence-electron chi connectivity index (χ0n) is 11.7. The van der Waals surface area contributed by atoms with Crippen molar-refractivity contribution in [2.45, 2.75) is 32.6 Å². The minimum atomic E-state index is -1.15. The molecule has 7 nitrogen and oxygen atoms in total. The predicted octanol–water partition coefficient (Wildman–Crippen LogP) is 1.48. The van der Waals surface area contributed by atoms with Gasteiger partial charge in [-0.15, -0.1) is 0 Å². The van der Waals surface area contributed by atoms with Crippen molar-refractivity contribution in [2.75, 3.05) is 5.32 Å². The van der Waals surface area contributed by atoms with E-state index in [1.165, 1.54) is 24.3 Å². The standard InChI is InChI=1S/C14H18N2O5/c1-2-4-10(14(18)19)7-8-13(17)15-11-5-3-6-12(9-11)16(20)21/h3,5-6,9-10H,2,4,7-8H2,1H3,(H,15,17)(H,18,19)/p-1/t10-/m0/s1. The summed E-state index contributed by atoms with van der Waals surface area (Å²) in [6, 6.07) is 5.57. The molecule has 21 heavy (non-hydrogen) atoms. The van der Waals surface area contributed by atoms with Crippen molar-refractivity contribution < 1.29 is 19.6 Å². The van der Waals surface area contributed by atoms with Gasteiger partial charge in [0.15, 0.2) is 0 Å². The van der Waals surface area contributed by atoms with Gasteiger partial charge in [-0.25, -0.2) is 0 Å². The van der Waals surface area contributed by atoms with Crippen molar-refractivity contribution in [3.63, 3.8) is 0 Å². The molecule has 1 N–H and O–H groups in total. The number of non-ortho nitro benzene ring substituents is 1. The van der Waals surface area contributed by atoms with Gasteiger partial charge in [0.1, 0.15) is 0 Å². The van der Waals surface area contributed by atoms with E-state index in [-0.39, 0.29) is 24.4 Å². The second-order valence-corrected chi connectivity index (χ2v) is 4.70. The van der Waals surface area contributed by atoms with Gasteiger partial charge in [-0.2, -0.15) is 0 Å². The fraction of sp³-hybridized carbons (Fsp3) is 0.429. The van der Waals surface area contributed by atoms with Gasteiger partial charge < -0.3 is 15.2 Å². The number of carbonyl (C=O) groups is 2. The summed E-state index contributed by atoms with van der Waals surface area (Å²) in [4.78, 5) is 32.7. The average molecular weight is 293 g/mol. The lowest BCUT2D eigenvalue weighted by Crippen LogP contribution is -2.32. The summed E-state index contributed by atoms with van der Waals surface area (Å²) in [6.45, 7) is 1.86. The summed E-state index contributed by atoms with van der Waals surface area (Å²) in [5.74, 6) is -2.18. The first-order valence-electron chi connectivity index (χ1n) is 6.69. The van der Waals surface area contributed by atoms with E-state index in [0.717, 1.165) is 0 Å². The van der Waals surface area contributed by atoms with Gasteiger partial charge in [-0.3, -0.25) is 14.9 Å². The number of aliphatic carboxylic acids is 1. The van der Waals surface area contributed by atoms with Gasteiger partial charge in [0.25, 0.3) is 5.69 Å². The number of nitro groups is 1. The maximum Gasteiger partial charge on any atom is 0.271 e. The molecule has 1 aromatic carbocycles. The van der Waals surface area contributed by atoms with Crippen LogP contribution < -0.4 is 10.4 Å². The van der Waals surface area contributed by atoms with Crippen LogP contribution in [0.3, 0.4) is 0 Å². The van der Waals surface area contributed by atoms with E-state index in [1.807, 2.05) is 6.92 Å². The highest BCUT2D eigenvalue weighted by Crippen LogP contribution is 2.18. The maximum absolute atomic E-state index is 11.7. The molecule has 114 valence electrons. The number of hydrogen-bond donors (Lipinski definition) is 1. The second-order valence-electron chi connectivity index (χ2n) is 4.70. The van der Waals surface area contributed by atoms with Crippen molar-refractivity contribution in [2.24, 2.45) is 5.92 Å². The molecule has 0 fully saturated rings. The van der Waals surface area contributed by atoms with E-state index >= 15 is 0 Å². The van der Waals surface area contributed by atoms with Crippen molar-refractivity contribution >= 4 is 23.3 Å². The molecular formula is C14H17N2O5-. The number of nitrogens with zero attached hydrogens (tertiary/aromatic N) is 1. The lowest BCUT2D eigenvalue weighted by atomic mass is 9.98. The summed E-state index contributed by atoms with van der Waals surface area (Å²) in [5, 5.41) is 24.0. The van der Waals surface area contributed by atoms with Crippen molar-refractivity contribution in [1.29, 1.82) is 0 Å². The van der Waals surface area contributed by atoms with Gasteiger partial charge in [-0.1, -0.05) is 19.4 Å². The molecule has 1 amide bonds. The minimum Gasteiger partial charge on any atom is -0.550 e. The monoisotopic (exact) mass is 293 g/mol. The number of carboxylic acid groups (broad SMARTS) is 1. The maximum atomic E-state index is 11.7. The third-order valence-electron chi connectivity index (χ3n) is 3.03. The zero-order valence-corrected chi connectivity index (χ0v) is 11.7. The molecular weight excluding hydrogens is 276 g/mol. The molecule has 0 saturated carbocycles. The quantitative estimate of drug-likeness (QED) is 0.576. The summed E-state index contributed by atoms with van der Waals surface area (Å²) < 4.78 is 0. The first-order valence-corrected chi connectivity index (χ1v) is 6.69. The lowest BCUT2D eigenvalue weighted by molar-refractivity contribution is -0.384. The molecule has 7 heteroatoms. The molecule has 0 aliphatic heterocycles. The number of benzene rings is 1. The number of anilines is 1. The Bertz CT molecular complexity index is 530. The SMILES string of the molecule is CCC[C@@H](CCC(=O)Nc1cccc([N+](=O)[O-])c1)C(=O)[O-]. The third-order valence-corrected chi connectivity index (χ3v) is 3.03. The Labute approximate surface area is 122 Å². The van der Waals surface area contributed by atoms with Crippen molar-refractivity contribution in [3.05, 3.63) is 34.4 Å². The molecule has 0 aliphatic rings. The van der Waals surface area contributed by atoms with Gasteiger partial charge >= 0.3 is 0 Å². The number of carbonyl (C=O) groups excluding carboxylic acids is 2. The van der Waals surface area contributed by atoms with Crippen molar-refractivity contribution in [3.8, 4) is 0 Å². The third kappa shape index (κ3) is 5.60. The van der Waals surface area contributed by atoms with E-state index < -0.39 is 16.8 Å². The number of amides is 1. The van der Waals surface area contributed by atoms with Crippen LogP contribution in [0.25, 0.3) is 0 Å². The van der Waals surface area contributed by atoms with Crippen LogP contribution in [0.2, 0.25) is 0 Å². The van der Waals surface area contributed by atoms with Gasteiger partial charge in [0.05, 0.1) is 4.92 Å². The van der Waals surface area contributed by atoms with E-state index in [4.69, 9.17) is 0 Å². The Hall–Kier alpha value is -2.44. The van der Waals surface area contributed by atoms with Gasteiger partial charge in [0.2, 0.25) is 5.91 Å². The van der Waals surface area contributed by atoms with Gasteiger partial charge in [-0.05, 0) is 24.8 Å². The highest BCUT2D eigenvalue weighted by Gasteiger charge is 2.13. The molecule has 0 saturated heterocycles. The number of nitrogens with one attached hydrogen (secondary N) is 1. The van der Waals surface area contributed by atoms with Crippen LogP contribution in [-0.2, 0) is 9.59 Å². The van der Waals surface area contributed by atoms with Crippen LogP contribution in [-0.4, -0.2) is 16.8 Å². The van der Waals surface area contributed by atoms with Crippen LogP contribution in [0.15, 0.2) is 24.3 Å². The molecule has 1 rings (SSSR count). The summed E-state index contributed by atoms with van der Waals surface area (Å²) in [7, 11) is 0. The first-order chi connectivity index (χ1) is 9.93. The molecule has 0 aliphatic carbocycles. The van der Waals surface area contributed by atoms with Crippen molar-refractivity contribution in [1.82, 2.24) is 0 Å². The Morgan fingerprint density at radius 1 is 1.33 bits per heavy atom. The highest BCUT2D eigenvalue weighted by atomic mass is 16.6. The van der Waals surface area contributed by atoms with E-state index in [1.54, 1.807) is 0 Å². The predicted molar refractivity (Wildman–Crippen MR) is 74.4 cm³/mol. The Morgan fingerprint density at radius 2 is 2.05 bits per heavy atom. The first kappa shape index (κ1) is 16.6. The topological polar surface area (TPSA) is 112 Å².